The molecule has 1 aliphatic carbocycles. The van der Waals surface area contributed by atoms with E-state index >= 15 is 0 Å². The molecule has 1 fully saturated rings. The smallest absolute Gasteiger partial charge is 0.224 e. The number of nitrogens with one attached hydrogen (secondary N) is 1. The minimum atomic E-state index is -3.52. The van der Waals surface area contributed by atoms with Crippen LogP contribution >= 0.6 is 0 Å². The van der Waals surface area contributed by atoms with Crippen LogP contribution in [-0.4, -0.2) is 19.3 Å². The first kappa shape index (κ1) is 18.4. The summed E-state index contributed by atoms with van der Waals surface area (Å²) in [6.07, 6.45) is 4.37. The first-order valence-electron chi connectivity index (χ1n) is 9.12. The van der Waals surface area contributed by atoms with Crippen LogP contribution in [0.25, 0.3) is 0 Å². The Hall–Kier alpha value is -2.99. The Morgan fingerprint density at radius 1 is 0.964 bits per heavy atom. The molecule has 1 amide bonds. The molecule has 1 N–H and O–H groups in total. The molecule has 0 bridgehead atoms. The number of hydrogen-bond donors (Lipinski definition) is 1. The first-order chi connectivity index (χ1) is 13.6. The van der Waals surface area contributed by atoms with Crippen molar-refractivity contribution in [3.63, 3.8) is 0 Å². The molecule has 1 saturated carbocycles. The van der Waals surface area contributed by atoms with Gasteiger partial charge >= 0.3 is 0 Å². The Bertz CT molecular complexity index is 1070. The van der Waals surface area contributed by atoms with Crippen LogP contribution in [0.4, 0.5) is 0 Å². The zero-order valence-electron chi connectivity index (χ0n) is 15.2. The maximum absolute atomic E-state index is 12.6. The number of pyridine rings is 1. The highest BCUT2D eigenvalue weighted by Crippen LogP contribution is 2.47. The van der Waals surface area contributed by atoms with Crippen LogP contribution in [0.1, 0.15) is 23.5 Å². The Labute approximate surface area is 164 Å². The number of nitrogens with zero attached hydrogens (tertiary/aromatic N) is 1. The summed E-state index contributed by atoms with van der Waals surface area (Å²) in [4.78, 5) is 17.0. The summed E-state index contributed by atoms with van der Waals surface area (Å²) >= 11 is 0. The number of carbonyl (C=O) groups is 1. The minimum absolute atomic E-state index is 0.0121. The van der Waals surface area contributed by atoms with E-state index in [9.17, 15) is 13.2 Å². The molecule has 1 aliphatic rings. The summed E-state index contributed by atoms with van der Waals surface area (Å²) in [5.41, 5.74) is 1.96. The van der Waals surface area contributed by atoms with E-state index in [1.54, 1.807) is 60.8 Å². The number of amides is 1. The van der Waals surface area contributed by atoms with Crippen molar-refractivity contribution in [3.8, 4) is 0 Å². The van der Waals surface area contributed by atoms with Gasteiger partial charge in [-0.25, -0.2) is 8.42 Å². The average Bonchev–Trinajstić information content (AvgIpc) is 3.55. The zero-order chi connectivity index (χ0) is 19.6. The molecule has 4 rings (SSSR count). The van der Waals surface area contributed by atoms with Gasteiger partial charge in [-0.1, -0.05) is 36.4 Å². The van der Waals surface area contributed by atoms with Crippen molar-refractivity contribution in [2.24, 2.45) is 5.92 Å². The lowest BCUT2D eigenvalue weighted by atomic mass is 10.1. The SMILES string of the molecule is O=C(NCc1ccc(S(=O)(=O)c2ccccc2)cc1)[C@H]1C[C@@H]1c1cccnc1. The van der Waals surface area contributed by atoms with Crippen LogP contribution in [0.15, 0.2) is 88.9 Å². The molecule has 0 radical (unpaired) electrons. The molecule has 2 atom stereocenters. The second kappa shape index (κ2) is 7.56. The zero-order valence-corrected chi connectivity index (χ0v) is 16.0. The van der Waals surface area contributed by atoms with Gasteiger partial charge in [0.15, 0.2) is 0 Å². The first-order valence-corrected chi connectivity index (χ1v) is 10.6. The van der Waals surface area contributed by atoms with Gasteiger partial charge in [0.25, 0.3) is 0 Å². The van der Waals surface area contributed by atoms with Gasteiger partial charge in [-0.05, 0) is 53.8 Å². The monoisotopic (exact) mass is 392 g/mol. The van der Waals surface area contributed by atoms with Crippen molar-refractivity contribution in [1.29, 1.82) is 0 Å². The van der Waals surface area contributed by atoms with Crippen LogP contribution in [0.5, 0.6) is 0 Å². The van der Waals surface area contributed by atoms with Crippen LogP contribution in [0.2, 0.25) is 0 Å². The van der Waals surface area contributed by atoms with Gasteiger partial charge in [-0.2, -0.15) is 0 Å². The van der Waals surface area contributed by atoms with E-state index in [1.165, 1.54) is 0 Å². The van der Waals surface area contributed by atoms with Crippen molar-refractivity contribution in [2.75, 3.05) is 0 Å². The molecular weight excluding hydrogens is 372 g/mol. The number of rotatable bonds is 6. The van der Waals surface area contributed by atoms with E-state index in [1.807, 2.05) is 18.3 Å². The van der Waals surface area contributed by atoms with Gasteiger partial charge in [0.1, 0.15) is 0 Å². The summed E-state index contributed by atoms with van der Waals surface area (Å²) in [5, 5.41) is 2.94. The van der Waals surface area contributed by atoms with E-state index < -0.39 is 9.84 Å². The molecule has 1 aromatic heterocycles. The topological polar surface area (TPSA) is 76.1 Å². The Morgan fingerprint density at radius 2 is 1.68 bits per heavy atom. The van der Waals surface area contributed by atoms with Crippen LogP contribution in [0, 0.1) is 5.92 Å². The molecule has 3 aromatic rings. The highest BCUT2D eigenvalue weighted by molar-refractivity contribution is 7.91. The molecule has 0 unspecified atom stereocenters. The van der Waals surface area contributed by atoms with Crippen molar-refractivity contribution in [1.82, 2.24) is 10.3 Å². The maximum atomic E-state index is 12.6. The van der Waals surface area contributed by atoms with Gasteiger partial charge in [-0.15, -0.1) is 0 Å². The third kappa shape index (κ3) is 3.82. The van der Waals surface area contributed by atoms with Crippen LogP contribution in [0.3, 0.4) is 0 Å². The van der Waals surface area contributed by atoms with E-state index in [4.69, 9.17) is 0 Å². The predicted octanol–water partition coefficient (Wildman–Crippen LogP) is 3.33. The molecule has 2 aromatic carbocycles. The summed E-state index contributed by atoms with van der Waals surface area (Å²) in [7, 11) is -3.52. The Kier molecular flexibility index (Phi) is 4.96. The predicted molar refractivity (Wildman–Crippen MR) is 105 cm³/mol. The fourth-order valence-corrected chi connectivity index (χ4v) is 4.57. The van der Waals surface area contributed by atoms with Gasteiger partial charge in [-0.3, -0.25) is 9.78 Å². The summed E-state index contributed by atoms with van der Waals surface area (Å²) in [6, 6.07) is 18.9. The standard InChI is InChI=1S/C22H20N2O3S/c25-22(21-13-20(21)17-5-4-12-23-15-17)24-14-16-8-10-19(11-9-16)28(26,27)18-6-2-1-3-7-18/h1-12,15,20-21H,13-14H2,(H,24,25)/t20-,21+/m1/s1. The largest absolute Gasteiger partial charge is 0.352 e. The van der Waals surface area contributed by atoms with E-state index in [2.05, 4.69) is 10.3 Å². The maximum Gasteiger partial charge on any atom is 0.224 e. The van der Waals surface area contributed by atoms with Crippen LogP contribution < -0.4 is 5.32 Å². The molecule has 5 nitrogen and oxygen atoms in total. The van der Waals surface area contributed by atoms with Crippen molar-refractivity contribution >= 4 is 15.7 Å². The molecule has 1 heterocycles. The number of sulfone groups is 1. The highest BCUT2D eigenvalue weighted by atomic mass is 32.2. The van der Waals surface area contributed by atoms with Gasteiger partial charge in [0.05, 0.1) is 9.79 Å². The third-order valence-electron chi connectivity index (χ3n) is 4.99. The summed E-state index contributed by atoms with van der Waals surface area (Å²) < 4.78 is 25.2. The normalized spacial score (nSPS) is 18.4. The highest BCUT2D eigenvalue weighted by Gasteiger charge is 2.43. The third-order valence-corrected chi connectivity index (χ3v) is 6.78. The Morgan fingerprint density at radius 3 is 2.36 bits per heavy atom. The molecule has 6 heteroatoms. The summed E-state index contributed by atoms with van der Waals surface area (Å²) in [6.45, 7) is 0.376. The average molecular weight is 392 g/mol. The lowest BCUT2D eigenvalue weighted by Crippen LogP contribution is -2.24. The van der Waals surface area contributed by atoms with Crippen molar-refractivity contribution in [2.45, 2.75) is 28.7 Å². The second-order valence-corrected chi connectivity index (χ2v) is 8.86. The van der Waals surface area contributed by atoms with Gasteiger partial charge in [0, 0.05) is 24.9 Å². The second-order valence-electron chi connectivity index (χ2n) is 6.91. The molecule has 0 spiro atoms. The lowest BCUT2D eigenvalue weighted by Gasteiger charge is -2.08. The molecule has 0 saturated heterocycles. The number of aromatic nitrogens is 1. The van der Waals surface area contributed by atoms with E-state index in [0.29, 0.717) is 6.54 Å². The van der Waals surface area contributed by atoms with Gasteiger partial charge in [0.2, 0.25) is 15.7 Å². The Balaban J connectivity index is 1.36. The van der Waals surface area contributed by atoms with E-state index in [0.717, 1.165) is 17.5 Å². The lowest BCUT2D eigenvalue weighted by molar-refractivity contribution is -0.122. The molecule has 142 valence electrons. The molecular formula is C22H20N2O3S. The van der Waals surface area contributed by atoms with E-state index in [-0.39, 0.29) is 27.5 Å². The summed E-state index contributed by atoms with van der Waals surface area (Å²) in [5.74, 6) is 0.254. The number of benzene rings is 2. The molecule has 28 heavy (non-hydrogen) atoms. The number of carbonyl (C=O) groups excluding carboxylic acids is 1. The van der Waals surface area contributed by atoms with Crippen LogP contribution in [-0.2, 0) is 21.2 Å². The van der Waals surface area contributed by atoms with Crippen molar-refractivity contribution < 1.29 is 13.2 Å². The van der Waals surface area contributed by atoms with Crippen molar-refractivity contribution in [3.05, 3.63) is 90.3 Å². The quantitative estimate of drug-likeness (QED) is 0.698. The number of hydrogen-bond acceptors (Lipinski definition) is 4. The molecule has 0 aliphatic heterocycles. The minimum Gasteiger partial charge on any atom is -0.352 e. The fraction of sp³-hybridized carbons (Fsp3) is 0.182. The fourth-order valence-electron chi connectivity index (χ4n) is 3.29. The van der Waals surface area contributed by atoms with Gasteiger partial charge < -0.3 is 5.32 Å².